The number of rotatable bonds is 4. The molecule has 0 aliphatic rings. The fraction of sp³-hybridized carbons (Fsp3) is 0.286. The van der Waals surface area contributed by atoms with Crippen LogP contribution in [0.5, 0.6) is 0 Å². The van der Waals surface area contributed by atoms with Gasteiger partial charge in [-0.1, -0.05) is 6.07 Å². The molecule has 2 rings (SSSR count). The molecule has 1 heterocycles. The van der Waals surface area contributed by atoms with Gasteiger partial charge in [-0.3, -0.25) is 0 Å². The van der Waals surface area contributed by atoms with E-state index in [0.29, 0.717) is 6.04 Å². The van der Waals surface area contributed by atoms with Crippen LogP contribution in [0.15, 0.2) is 40.6 Å². The number of thiophene rings is 1. The molecule has 17 heavy (non-hydrogen) atoms. The molecule has 1 nitrogen and oxygen atoms in total. The summed E-state index contributed by atoms with van der Waals surface area (Å²) in [6.45, 7) is 4.38. The summed E-state index contributed by atoms with van der Waals surface area (Å²) in [5.41, 5.74) is 2.56. The van der Waals surface area contributed by atoms with E-state index in [4.69, 9.17) is 0 Å². The van der Waals surface area contributed by atoms with Crippen molar-refractivity contribution in [3.05, 3.63) is 46.2 Å². The molecular weight excluding hydrogens is 246 g/mol. The maximum absolute atomic E-state index is 3.56. The van der Waals surface area contributed by atoms with Gasteiger partial charge in [-0.25, -0.2) is 0 Å². The zero-order valence-corrected chi connectivity index (χ0v) is 12.0. The number of anilines is 1. The monoisotopic (exact) mass is 263 g/mol. The number of nitrogens with one attached hydrogen (secondary N) is 1. The van der Waals surface area contributed by atoms with E-state index in [1.165, 1.54) is 21.0 Å². The molecule has 0 aliphatic carbocycles. The van der Waals surface area contributed by atoms with E-state index in [1.54, 1.807) is 11.8 Å². The second kappa shape index (κ2) is 5.61. The number of thioether (sulfide) groups is 1. The Morgan fingerprint density at radius 1 is 1.29 bits per heavy atom. The van der Waals surface area contributed by atoms with Crippen LogP contribution in [0.1, 0.15) is 23.4 Å². The first-order valence-corrected chi connectivity index (χ1v) is 7.75. The standard InChI is InChI=1S/C14H17NS2/c1-10-7-8-17-14(10)11(2)15-12-5-4-6-13(9-12)16-3/h4-9,11,15H,1-3H3. The lowest BCUT2D eigenvalue weighted by atomic mass is 10.2. The molecule has 0 amide bonds. The van der Waals surface area contributed by atoms with Gasteiger partial charge in [0, 0.05) is 15.5 Å². The molecule has 0 saturated carbocycles. The molecule has 1 N–H and O–H groups in total. The second-order valence-corrected chi connectivity index (χ2v) is 5.89. The van der Waals surface area contributed by atoms with E-state index < -0.39 is 0 Å². The third-order valence-electron chi connectivity index (χ3n) is 2.75. The molecule has 1 unspecified atom stereocenters. The summed E-state index contributed by atoms with van der Waals surface area (Å²) in [4.78, 5) is 2.71. The smallest absolute Gasteiger partial charge is 0.0581 e. The Hall–Kier alpha value is -0.930. The fourth-order valence-electron chi connectivity index (χ4n) is 1.86. The summed E-state index contributed by atoms with van der Waals surface area (Å²) in [7, 11) is 0. The SMILES string of the molecule is CSc1cccc(NC(C)c2sccc2C)c1. The Bertz CT molecular complexity index is 490. The molecule has 0 radical (unpaired) electrons. The molecule has 1 atom stereocenters. The first-order valence-electron chi connectivity index (χ1n) is 5.65. The van der Waals surface area contributed by atoms with Gasteiger partial charge in [0.2, 0.25) is 0 Å². The van der Waals surface area contributed by atoms with E-state index in [0.717, 1.165) is 0 Å². The predicted molar refractivity (Wildman–Crippen MR) is 79.3 cm³/mol. The number of hydrogen-bond donors (Lipinski definition) is 1. The van der Waals surface area contributed by atoms with Crippen LogP contribution >= 0.6 is 23.1 Å². The van der Waals surface area contributed by atoms with Crippen LogP contribution in [-0.4, -0.2) is 6.26 Å². The highest BCUT2D eigenvalue weighted by Crippen LogP contribution is 2.28. The van der Waals surface area contributed by atoms with E-state index in [9.17, 15) is 0 Å². The van der Waals surface area contributed by atoms with Gasteiger partial charge in [0.1, 0.15) is 0 Å². The van der Waals surface area contributed by atoms with Crippen LogP contribution in [0, 0.1) is 6.92 Å². The maximum Gasteiger partial charge on any atom is 0.0581 e. The summed E-state index contributed by atoms with van der Waals surface area (Å²) in [5, 5.41) is 5.71. The minimum absolute atomic E-state index is 0.368. The Kier molecular flexibility index (Phi) is 4.13. The highest BCUT2D eigenvalue weighted by Gasteiger charge is 2.09. The minimum Gasteiger partial charge on any atom is -0.378 e. The zero-order valence-electron chi connectivity index (χ0n) is 10.4. The summed E-state index contributed by atoms with van der Waals surface area (Å²) >= 11 is 3.59. The average molecular weight is 263 g/mol. The molecule has 90 valence electrons. The van der Waals surface area contributed by atoms with Gasteiger partial charge < -0.3 is 5.32 Å². The first kappa shape index (κ1) is 12.5. The first-order chi connectivity index (χ1) is 8.20. The van der Waals surface area contributed by atoms with E-state index in [-0.39, 0.29) is 0 Å². The summed E-state index contributed by atoms with van der Waals surface area (Å²) in [6, 6.07) is 11.1. The molecule has 0 saturated heterocycles. The molecule has 0 spiro atoms. The summed E-state index contributed by atoms with van der Waals surface area (Å²) in [5.74, 6) is 0. The number of aryl methyl sites for hydroxylation is 1. The third kappa shape index (κ3) is 3.05. The molecule has 1 aromatic carbocycles. The van der Waals surface area contributed by atoms with Crippen LogP contribution in [0.2, 0.25) is 0 Å². The number of hydrogen-bond acceptors (Lipinski definition) is 3. The maximum atomic E-state index is 3.56. The van der Waals surface area contributed by atoms with E-state index >= 15 is 0 Å². The lowest BCUT2D eigenvalue weighted by Gasteiger charge is -2.15. The van der Waals surface area contributed by atoms with Crippen LogP contribution in [0.25, 0.3) is 0 Å². The Morgan fingerprint density at radius 3 is 2.76 bits per heavy atom. The molecular formula is C14H17NS2. The van der Waals surface area contributed by atoms with Crippen molar-refractivity contribution in [1.29, 1.82) is 0 Å². The topological polar surface area (TPSA) is 12.0 Å². The van der Waals surface area contributed by atoms with Crippen molar-refractivity contribution in [2.75, 3.05) is 11.6 Å². The van der Waals surface area contributed by atoms with Crippen LogP contribution in [-0.2, 0) is 0 Å². The third-order valence-corrected chi connectivity index (χ3v) is 4.67. The largest absolute Gasteiger partial charge is 0.378 e. The Balaban J connectivity index is 2.13. The van der Waals surface area contributed by atoms with Crippen molar-refractivity contribution >= 4 is 28.8 Å². The lowest BCUT2D eigenvalue weighted by Crippen LogP contribution is -2.05. The van der Waals surface area contributed by atoms with Crippen molar-refractivity contribution in [3.8, 4) is 0 Å². The highest BCUT2D eigenvalue weighted by atomic mass is 32.2. The van der Waals surface area contributed by atoms with Crippen molar-refractivity contribution in [2.24, 2.45) is 0 Å². The van der Waals surface area contributed by atoms with Gasteiger partial charge >= 0.3 is 0 Å². The van der Waals surface area contributed by atoms with Gasteiger partial charge in [-0.05, 0) is 55.3 Å². The predicted octanol–water partition coefficient (Wildman–Crippen LogP) is 4.95. The van der Waals surface area contributed by atoms with E-state index in [1.807, 2.05) is 11.3 Å². The van der Waals surface area contributed by atoms with Crippen LogP contribution < -0.4 is 5.32 Å². The molecule has 0 bridgehead atoms. The molecule has 3 heteroatoms. The number of benzene rings is 1. The van der Waals surface area contributed by atoms with Gasteiger partial charge in [0.15, 0.2) is 0 Å². The molecule has 0 aliphatic heterocycles. The highest BCUT2D eigenvalue weighted by molar-refractivity contribution is 7.98. The zero-order chi connectivity index (χ0) is 12.3. The van der Waals surface area contributed by atoms with E-state index in [2.05, 4.69) is 61.1 Å². The minimum atomic E-state index is 0.368. The van der Waals surface area contributed by atoms with Crippen molar-refractivity contribution < 1.29 is 0 Å². The van der Waals surface area contributed by atoms with Crippen LogP contribution in [0.3, 0.4) is 0 Å². The quantitative estimate of drug-likeness (QED) is 0.783. The molecule has 2 aromatic rings. The van der Waals surface area contributed by atoms with Crippen LogP contribution in [0.4, 0.5) is 5.69 Å². The lowest BCUT2D eigenvalue weighted by molar-refractivity contribution is 0.898. The van der Waals surface area contributed by atoms with Gasteiger partial charge in [0.25, 0.3) is 0 Å². The summed E-state index contributed by atoms with van der Waals surface area (Å²) in [6.07, 6.45) is 2.10. The fourth-order valence-corrected chi connectivity index (χ4v) is 3.25. The van der Waals surface area contributed by atoms with Gasteiger partial charge in [-0.15, -0.1) is 23.1 Å². The Labute approximate surface area is 111 Å². The van der Waals surface area contributed by atoms with Gasteiger partial charge in [0.05, 0.1) is 6.04 Å². The molecule has 0 fully saturated rings. The van der Waals surface area contributed by atoms with Crippen molar-refractivity contribution in [1.82, 2.24) is 0 Å². The van der Waals surface area contributed by atoms with Crippen molar-refractivity contribution in [2.45, 2.75) is 24.8 Å². The second-order valence-electron chi connectivity index (χ2n) is 4.07. The molecule has 1 aromatic heterocycles. The summed E-state index contributed by atoms with van der Waals surface area (Å²) < 4.78 is 0. The Morgan fingerprint density at radius 2 is 2.12 bits per heavy atom. The normalized spacial score (nSPS) is 12.4. The van der Waals surface area contributed by atoms with Crippen molar-refractivity contribution in [3.63, 3.8) is 0 Å². The van der Waals surface area contributed by atoms with Gasteiger partial charge in [-0.2, -0.15) is 0 Å². The average Bonchev–Trinajstić information content (AvgIpc) is 2.76.